The Labute approximate surface area is 94.4 Å². The van der Waals surface area contributed by atoms with Crippen LogP contribution in [0.15, 0.2) is 0 Å². The van der Waals surface area contributed by atoms with Gasteiger partial charge < -0.3 is 14.4 Å². The maximum absolute atomic E-state index is 9.66. The predicted octanol–water partition coefficient (Wildman–Crippen LogP) is 0.164. The Kier molecular flexibility index (Phi) is 2.65. The van der Waals surface area contributed by atoms with Crippen LogP contribution in [-0.2, 0) is 24.1 Å². The van der Waals surface area contributed by atoms with Crippen molar-refractivity contribution in [3.05, 3.63) is 11.6 Å². The number of hydrogen-bond donors (Lipinski definition) is 1. The largest absolute Gasteiger partial charge is 0.391 e. The summed E-state index contributed by atoms with van der Waals surface area (Å²) in [6, 6.07) is 0. The fourth-order valence-corrected chi connectivity index (χ4v) is 2.52. The van der Waals surface area contributed by atoms with Gasteiger partial charge in [-0.05, 0) is 18.8 Å². The molecule has 2 aliphatic heterocycles. The third-order valence-electron chi connectivity index (χ3n) is 3.49. The van der Waals surface area contributed by atoms with Crippen LogP contribution in [0.1, 0.15) is 24.5 Å². The van der Waals surface area contributed by atoms with Crippen LogP contribution in [0, 0.1) is 5.92 Å². The number of aliphatic hydroxyl groups excluding tert-OH is 1. The maximum atomic E-state index is 9.66. The number of aryl methyl sites for hydroxylation is 1. The first-order chi connectivity index (χ1) is 7.83. The van der Waals surface area contributed by atoms with Gasteiger partial charge in [-0.15, -0.1) is 10.2 Å². The quantitative estimate of drug-likeness (QED) is 0.776. The van der Waals surface area contributed by atoms with Gasteiger partial charge in [-0.25, -0.2) is 0 Å². The molecule has 1 fully saturated rings. The highest BCUT2D eigenvalue weighted by atomic mass is 16.5. The lowest BCUT2D eigenvalue weighted by atomic mass is 10.0. The van der Waals surface area contributed by atoms with Gasteiger partial charge in [0.15, 0.2) is 0 Å². The molecule has 1 aromatic rings. The molecule has 1 N–H and O–H groups in total. The molecular weight excluding hydrogens is 206 g/mol. The van der Waals surface area contributed by atoms with E-state index in [1.165, 1.54) is 0 Å². The lowest BCUT2D eigenvalue weighted by molar-refractivity contribution is 0.128. The highest BCUT2D eigenvalue weighted by Gasteiger charge is 2.24. The minimum atomic E-state index is -0.234. The number of fused-ring (bicyclic) bond motifs is 1. The van der Waals surface area contributed by atoms with Gasteiger partial charge in [0.05, 0.1) is 12.6 Å². The zero-order valence-electron chi connectivity index (χ0n) is 9.30. The van der Waals surface area contributed by atoms with E-state index < -0.39 is 0 Å². The fourth-order valence-electron chi connectivity index (χ4n) is 2.52. The van der Waals surface area contributed by atoms with Crippen LogP contribution in [-0.4, -0.2) is 39.2 Å². The van der Waals surface area contributed by atoms with E-state index in [0.29, 0.717) is 12.5 Å². The smallest absolute Gasteiger partial charge is 0.133 e. The molecule has 5 heteroatoms. The van der Waals surface area contributed by atoms with Crippen molar-refractivity contribution in [3.8, 4) is 0 Å². The van der Waals surface area contributed by atoms with Crippen LogP contribution in [0.4, 0.5) is 0 Å². The van der Waals surface area contributed by atoms with E-state index in [0.717, 1.165) is 50.5 Å². The number of aromatic nitrogens is 3. The van der Waals surface area contributed by atoms with Crippen molar-refractivity contribution in [1.29, 1.82) is 0 Å². The molecule has 0 saturated carbocycles. The second-order valence-corrected chi connectivity index (χ2v) is 4.77. The zero-order valence-corrected chi connectivity index (χ0v) is 9.30. The van der Waals surface area contributed by atoms with Gasteiger partial charge in [-0.2, -0.15) is 0 Å². The number of nitrogens with zero attached hydrogens (tertiary/aromatic N) is 3. The summed E-state index contributed by atoms with van der Waals surface area (Å²) in [5.41, 5.74) is 0. The molecule has 88 valence electrons. The second-order valence-electron chi connectivity index (χ2n) is 4.77. The van der Waals surface area contributed by atoms with E-state index in [1.807, 2.05) is 0 Å². The predicted molar refractivity (Wildman–Crippen MR) is 57.0 cm³/mol. The standard InChI is InChI=1S/C11H17N3O2/c15-9-1-2-10-12-13-11(14(10)6-9)5-8-3-4-16-7-8/h8-9,15H,1-7H2. The SMILES string of the molecule is OC1CCc2nnc(CC3CCOC3)n2C1. The Morgan fingerprint density at radius 1 is 1.38 bits per heavy atom. The number of hydrogen-bond acceptors (Lipinski definition) is 4. The van der Waals surface area contributed by atoms with Crippen molar-refractivity contribution in [1.82, 2.24) is 14.8 Å². The summed E-state index contributed by atoms with van der Waals surface area (Å²) in [7, 11) is 0. The Morgan fingerprint density at radius 2 is 2.31 bits per heavy atom. The molecule has 0 aliphatic carbocycles. The summed E-state index contributed by atoms with van der Waals surface area (Å²) in [5.74, 6) is 2.62. The summed E-state index contributed by atoms with van der Waals surface area (Å²) in [5, 5.41) is 18.1. The number of aliphatic hydroxyl groups is 1. The summed E-state index contributed by atoms with van der Waals surface area (Å²) in [4.78, 5) is 0. The molecular formula is C11H17N3O2. The second kappa shape index (κ2) is 4.14. The third kappa shape index (κ3) is 1.85. The van der Waals surface area contributed by atoms with E-state index >= 15 is 0 Å². The molecule has 16 heavy (non-hydrogen) atoms. The van der Waals surface area contributed by atoms with Gasteiger partial charge in [-0.3, -0.25) is 0 Å². The summed E-state index contributed by atoms with van der Waals surface area (Å²) in [6.07, 6.45) is 3.46. The lowest BCUT2D eigenvalue weighted by Crippen LogP contribution is -2.26. The van der Waals surface area contributed by atoms with Crippen LogP contribution in [0.2, 0.25) is 0 Å². The van der Waals surface area contributed by atoms with Crippen molar-refractivity contribution in [2.45, 2.75) is 38.3 Å². The van der Waals surface area contributed by atoms with E-state index in [1.54, 1.807) is 0 Å². The third-order valence-corrected chi connectivity index (χ3v) is 3.49. The van der Waals surface area contributed by atoms with E-state index in [9.17, 15) is 5.11 Å². The van der Waals surface area contributed by atoms with Crippen LogP contribution in [0.3, 0.4) is 0 Å². The number of rotatable bonds is 2. The minimum Gasteiger partial charge on any atom is -0.391 e. The van der Waals surface area contributed by atoms with Gasteiger partial charge in [0.1, 0.15) is 11.6 Å². The normalized spacial score (nSPS) is 29.3. The highest BCUT2D eigenvalue weighted by molar-refractivity contribution is 5.01. The molecule has 0 aromatic carbocycles. The lowest BCUT2D eigenvalue weighted by Gasteiger charge is -2.20. The van der Waals surface area contributed by atoms with Gasteiger partial charge in [0.2, 0.25) is 0 Å². The Bertz CT molecular complexity index is 371. The van der Waals surface area contributed by atoms with Crippen LogP contribution >= 0.6 is 0 Å². The number of ether oxygens (including phenoxy) is 1. The Morgan fingerprint density at radius 3 is 3.12 bits per heavy atom. The molecule has 2 atom stereocenters. The topological polar surface area (TPSA) is 60.2 Å². The summed E-state index contributed by atoms with van der Waals surface area (Å²) in [6.45, 7) is 2.37. The Balaban J connectivity index is 1.77. The molecule has 2 aliphatic rings. The van der Waals surface area contributed by atoms with Crippen molar-refractivity contribution in [2.24, 2.45) is 5.92 Å². The molecule has 3 rings (SSSR count). The molecule has 3 heterocycles. The molecule has 5 nitrogen and oxygen atoms in total. The van der Waals surface area contributed by atoms with E-state index in [2.05, 4.69) is 14.8 Å². The monoisotopic (exact) mass is 223 g/mol. The highest BCUT2D eigenvalue weighted by Crippen LogP contribution is 2.20. The van der Waals surface area contributed by atoms with Gasteiger partial charge in [0, 0.05) is 26.1 Å². The van der Waals surface area contributed by atoms with Gasteiger partial charge >= 0.3 is 0 Å². The first-order valence-electron chi connectivity index (χ1n) is 5.99. The van der Waals surface area contributed by atoms with Crippen molar-refractivity contribution in [3.63, 3.8) is 0 Å². The molecule has 0 spiro atoms. The average Bonchev–Trinajstić information content (AvgIpc) is 2.90. The van der Waals surface area contributed by atoms with Gasteiger partial charge in [0.25, 0.3) is 0 Å². The summed E-state index contributed by atoms with van der Waals surface area (Å²) < 4.78 is 7.45. The molecule has 2 unspecified atom stereocenters. The van der Waals surface area contributed by atoms with E-state index in [-0.39, 0.29) is 6.10 Å². The maximum Gasteiger partial charge on any atom is 0.133 e. The van der Waals surface area contributed by atoms with Crippen LogP contribution in [0.25, 0.3) is 0 Å². The Hall–Kier alpha value is -0.940. The average molecular weight is 223 g/mol. The minimum absolute atomic E-state index is 0.234. The first-order valence-corrected chi connectivity index (χ1v) is 5.99. The van der Waals surface area contributed by atoms with E-state index in [4.69, 9.17) is 4.74 Å². The first kappa shape index (κ1) is 10.2. The van der Waals surface area contributed by atoms with Crippen molar-refractivity contribution < 1.29 is 9.84 Å². The molecule has 1 aromatic heterocycles. The van der Waals surface area contributed by atoms with Crippen molar-refractivity contribution in [2.75, 3.05) is 13.2 Å². The fraction of sp³-hybridized carbons (Fsp3) is 0.818. The molecule has 0 amide bonds. The zero-order chi connectivity index (χ0) is 11.0. The molecule has 0 radical (unpaired) electrons. The summed E-state index contributed by atoms with van der Waals surface area (Å²) >= 11 is 0. The van der Waals surface area contributed by atoms with Gasteiger partial charge in [-0.1, -0.05) is 0 Å². The van der Waals surface area contributed by atoms with Crippen LogP contribution < -0.4 is 0 Å². The van der Waals surface area contributed by atoms with Crippen LogP contribution in [0.5, 0.6) is 0 Å². The molecule has 1 saturated heterocycles. The molecule has 0 bridgehead atoms. The van der Waals surface area contributed by atoms with Crippen molar-refractivity contribution >= 4 is 0 Å².